The van der Waals surface area contributed by atoms with Gasteiger partial charge in [-0.2, -0.15) is 10.1 Å². The average molecular weight is 307 g/mol. The quantitative estimate of drug-likeness (QED) is 0.887. The van der Waals surface area contributed by atoms with Crippen molar-refractivity contribution in [2.75, 3.05) is 43.1 Å². The van der Waals surface area contributed by atoms with Crippen molar-refractivity contribution in [2.24, 2.45) is 5.92 Å². The molecule has 0 saturated carbocycles. The molecule has 7 nitrogen and oxygen atoms in total. The molecule has 0 aliphatic carbocycles. The average Bonchev–Trinajstić information content (AvgIpc) is 2.96. The second kappa shape index (κ2) is 6.75. The number of nitrogens with zero attached hydrogens (tertiary/aromatic N) is 4. The van der Waals surface area contributed by atoms with E-state index in [1.807, 2.05) is 0 Å². The molecule has 2 fully saturated rings. The highest BCUT2D eigenvalue weighted by molar-refractivity contribution is 5.40. The van der Waals surface area contributed by atoms with Gasteiger partial charge >= 0.3 is 0 Å². The molecule has 0 atom stereocenters. The lowest BCUT2D eigenvalue weighted by Gasteiger charge is -2.37. The minimum atomic E-state index is -0.352. The van der Waals surface area contributed by atoms with Gasteiger partial charge in [-0.05, 0) is 12.3 Å². The van der Waals surface area contributed by atoms with E-state index < -0.39 is 0 Å². The molecule has 22 heavy (non-hydrogen) atoms. The summed E-state index contributed by atoms with van der Waals surface area (Å²) in [6.07, 6.45) is 4.55. The summed E-state index contributed by atoms with van der Waals surface area (Å²) in [5, 5.41) is 11.4. The van der Waals surface area contributed by atoms with E-state index in [0.29, 0.717) is 25.1 Å². The van der Waals surface area contributed by atoms with Gasteiger partial charge < -0.3 is 19.7 Å². The van der Waals surface area contributed by atoms with Crippen molar-refractivity contribution in [3.05, 3.63) is 6.20 Å². The standard InChI is InChI=1S/C15H25N5O2/c1-12(2)3-6-16-14-18-13(11-17-19-14)20-7-4-15(5-8-20)21-9-10-22-15/h11-12H,3-10H2,1-2H3,(H,16,18,19). The molecule has 0 amide bonds. The zero-order chi connectivity index (χ0) is 15.4. The third-order valence-electron chi connectivity index (χ3n) is 4.21. The number of rotatable bonds is 5. The Balaban J connectivity index is 1.56. The first-order valence-corrected chi connectivity index (χ1v) is 8.13. The highest BCUT2D eigenvalue weighted by Crippen LogP contribution is 2.32. The van der Waals surface area contributed by atoms with E-state index in [9.17, 15) is 0 Å². The third kappa shape index (κ3) is 3.64. The lowest BCUT2D eigenvalue weighted by Crippen LogP contribution is -2.45. The normalized spacial score (nSPS) is 20.8. The second-order valence-electron chi connectivity index (χ2n) is 6.34. The molecule has 3 heterocycles. The highest BCUT2D eigenvalue weighted by atomic mass is 16.7. The summed E-state index contributed by atoms with van der Waals surface area (Å²) in [5.41, 5.74) is 0. The summed E-state index contributed by atoms with van der Waals surface area (Å²) in [6.45, 7) is 8.42. The van der Waals surface area contributed by atoms with E-state index in [0.717, 1.165) is 44.7 Å². The molecule has 3 rings (SSSR count). The van der Waals surface area contributed by atoms with Crippen LogP contribution in [0.1, 0.15) is 33.1 Å². The number of anilines is 2. The van der Waals surface area contributed by atoms with Crippen LogP contribution in [0.4, 0.5) is 11.8 Å². The van der Waals surface area contributed by atoms with E-state index in [1.165, 1.54) is 0 Å². The first kappa shape index (κ1) is 15.4. The fourth-order valence-electron chi connectivity index (χ4n) is 2.86. The van der Waals surface area contributed by atoms with Gasteiger partial charge in [0, 0.05) is 32.5 Å². The maximum absolute atomic E-state index is 5.76. The van der Waals surface area contributed by atoms with Gasteiger partial charge in [0.25, 0.3) is 0 Å². The first-order chi connectivity index (χ1) is 10.7. The van der Waals surface area contributed by atoms with Crippen molar-refractivity contribution in [1.82, 2.24) is 15.2 Å². The van der Waals surface area contributed by atoms with Gasteiger partial charge in [0.2, 0.25) is 5.95 Å². The van der Waals surface area contributed by atoms with Crippen molar-refractivity contribution < 1.29 is 9.47 Å². The molecule has 0 unspecified atom stereocenters. The number of nitrogens with one attached hydrogen (secondary N) is 1. The molecule has 7 heteroatoms. The summed E-state index contributed by atoms with van der Waals surface area (Å²) in [6, 6.07) is 0. The van der Waals surface area contributed by atoms with Crippen LogP contribution in [0, 0.1) is 5.92 Å². The van der Waals surface area contributed by atoms with E-state index in [4.69, 9.17) is 9.47 Å². The predicted octanol–water partition coefficient (Wildman–Crippen LogP) is 1.67. The van der Waals surface area contributed by atoms with Gasteiger partial charge in [-0.25, -0.2) is 0 Å². The number of hydrogen-bond acceptors (Lipinski definition) is 7. The topological polar surface area (TPSA) is 72.4 Å². The second-order valence-corrected chi connectivity index (χ2v) is 6.34. The first-order valence-electron chi connectivity index (χ1n) is 8.13. The highest BCUT2D eigenvalue weighted by Gasteiger charge is 2.40. The van der Waals surface area contributed by atoms with E-state index in [1.54, 1.807) is 6.20 Å². The van der Waals surface area contributed by atoms with Crippen molar-refractivity contribution >= 4 is 11.8 Å². The Morgan fingerprint density at radius 1 is 1.27 bits per heavy atom. The number of piperidine rings is 1. The molecule has 0 bridgehead atoms. The van der Waals surface area contributed by atoms with Gasteiger partial charge in [-0.15, -0.1) is 5.10 Å². The van der Waals surface area contributed by atoms with Crippen LogP contribution in [0.5, 0.6) is 0 Å². The van der Waals surface area contributed by atoms with Gasteiger partial charge in [-0.3, -0.25) is 0 Å². The fraction of sp³-hybridized carbons (Fsp3) is 0.800. The molecule has 0 radical (unpaired) electrons. The van der Waals surface area contributed by atoms with Crippen LogP contribution in [-0.4, -0.2) is 53.8 Å². The zero-order valence-electron chi connectivity index (χ0n) is 13.4. The Morgan fingerprint density at radius 3 is 2.68 bits per heavy atom. The van der Waals surface area contributed by atoms with Crippen LogP contribution < -0.4 is 10.2 Å². The summed E-state index contributed by atoms with van der Waals surface area (Å²) in [4.78, 5) is 6.79. The Hall–Kier alpha value is -1.47. The van der Waals surface area contributed by atoms with E-state index in [2.05, 4.69) is 39.2 Å². The molecular formula is C15H25N5O2. The molecule has 2 aliphatic heterocycles. The van der Waals surface area contributed by atoms with Crippen LogP contribution in [0.15, 0.2) is 6.20 Å². The molecule has 2 aliphatic rings. The Labute approximate surface area is 131 Å². The van der Waals surface area contributed by atoms with Crippen LogP contribution in [0.3, 0.4) is 0 Å². The lowest BCUT2D eigenvalue weighted by atomic mass is 10.0. The Kier molecular flexibility index (Phi) is 4.73. The van der Waals surface area contributed by atoms with Gasteiger partial charge in [0.05, 0.1) is 19.4 Å². The van der Waals surface area contributed by atoms with Gasteiger partial charge in [0.15, 0.2) is 11.6 Å². The van der Waals surface area contributed by atoms with Gasteiger partial charge in [-0.1, -0.05) is 13.8 Å². The molecular weight excluding hydrogens is 282 g/mol. The van der Waals surface area contributed by atoms with Crippen LogP contribution in [0.2, 0.25) is 0 Å². The SMILES string of the molecule is CC(C)CCNc1nncc(N2CCC3(CC2)OCCO3)n1. The van der Waals surface area contributed by atoms with E-state index in [-0.39, 0.29) is 5.79 Å². The van der Waals surface area contributed by atoms with Crippen LogP contribution in [-0.2, 0) is 9.47 Å². The van der Waals surface area contributed by atoms with E-state index >= 15 is 0 Å². The molecule has 122 valence electrons. The number of aromatic nitrogens is 3. The predicted molar refractivity (Wildman–Crippen MR) is 83.9 cm³/mol. The van der Waals surface area contributed by atoms with Crippen molar-refractivity contribution in [2.45, 2.75) is 38.9 Å². The van der Waals surface area contributed by atoms with Crippen LogP contribution in [0.25, 0.3) is 0 Å². The molecule has 0 aromatic carbocycles. The minimum Gasteiger partial charge on any atom is -0.355 e. The molecule has 1 spiro atoms. The molecule has 1 aromatic heterocycles. The summed E-state index contributed by atoms with van der Waals surface area (Å²) < 4.78 is 11.5. The molecule has 1 aromatic rings. The lowest BCUT2D eigenvalue weighted by molar-refractivity contribution is -0.169. The van der Waals surface area contributed by atoms with Crippen LogP contribution >= 0.6 is 0 Å². The number of hydrogen-bond donors (Lipinski definition) is 1. The number of ether oxygens (including phenoxy) is 2. The largest absolute Gasteiger partial charge is 0.355 e. The fourth-order valence-corrected chi connectivity index (χ4v) is 2.86. The summed E-state index contributed by atoms with van der Waals surface area (Å²) >= 11 is 0. The van der Waals surface area contributed by atoms with Crippen molar-refractivity contribution in [3.8, 4) is 0 Å². The zero-order valence-corrected chi connectivity index (χ0v) is 13.4. The summed E-state index contributed by atoms with van der Waals surface area (Å²) in [5.74, 6) is 1.78. The van der Waals surface area contributed by atoms with Crippen molar-refractivity contribution in [1.29, 1.82) is 0 Å². The Morgan fingerprint density at radius 2 is 2.00 bits per heavy atom. The maximum atomic E-state index is 5.76. The maximum Gasteiger partial charge on any atom is 0.244 e. The third-order valence-corrected chi connectivity index (χ3v) is 4.21. The monoisotopic (exact) mass is 307 g/mol. The smallest absolute Gasteiger partial charge is 0.244 e. The Bertz CT molecular complexity index is 481. The minimum absolute atomic E-state index is 0.352. The van der Waals surface area contributed by atoms with Crippen molar-refractivity contribution in [3.63, 3.8) is 0 Å². The summed E-state index contributed by atoms with van der Waals surface area (Å²) in [7, 11) is 0. The molecule has 1 N–H and O–H groups in total. The molecule has 2 saturated heterocycles. The van der Waals surface area contributed by atoms with Gasteiger partial charge in [0.1, 0.15) is 0 Å².